The Labute approximate surface area is 97.7 Å². The van der Waals surface area contributed by atoms with Gasteiger partial charge in [-0.1, -0.05) is 0 Å². The van der Waals surface area contributed by atoms with Gasteiger partial charge in [0.05, 0.1) is 11.6 Å². The highest BCUT2D eigenvalue weighted by atomic mass is 16.3. The molecule has 0 aromatic carbocycles. The van der Waals surface area contributed by atoms with Crippen molar-refractivity contribution in [3.8, 4) is 0 Å². The topological polar surface area (TPSA) is 76.6 Å². The van der Waals surface area contributed by atoms with Crippen molar-refractivity contribution in [1.82, 2.24) is 9.80 Å². The third kappa shape index (κ3) is 4.08. The van der Waals surface area contributed by atoms with Gasteiger partial charge in [0.1, 0.15) is 5.84 Å². The van der Waals surface area contributed by atoms with E-state index in [2.05, 4.69) is 9.80 Å². The lowest BCUT2D eigenvalue weighted by atomic mass is 10.1. The summed E-state index contributed by atoms with van der Waals surface area (Å²) in [6, 6.07) is 0.0317. The lowest BCUT2D eigenvalue weighted by molar-refractivity contribution is 0.0159. The molecule has 1 fully saturated rings. The van der Waals surface area contributed by atoms with E-state index in [0.29, 0.717) is 6.54 Å². The van der Waals surface area contributed by atoms with Gasteiger partial charge in [0.15, 0.2) is 0 Å². The highest BCUT2D eigenvalue weighted by Gasteiger charge is 2.25. The average molecular weight is 228 g/mol. The summed E-state index contributed by atoms with van der Waals surface area (Å²) in [6.07, 6.45) is 0. The second-order valence-electron chi connectivity index (χ2n) is 5.26. The van der Waals surface area contributed by atoms with Crippen LogP contribution in [0.15, 0.2) is 0 Å². The molecule has 0 saturated carbocycles. The third-order valence-corrected chi connectivity index (χ3v) is 3.02. The minimum Gasteiger partial charge on any atom is -0.389 e. The summed E-state index contributed by atoms with van der Waals surface area (Å²) >= 11 is 0. The van der Waals surface area contributed by atoms with Crippen LogP contribution in [-0.4, -0.2) is 65.1 Å². The van der Waals surface area contributed by atoms with Crippen molar-refractivity contribution in [2.75, 3.05) is 32.7 Å². The average Bonchev–Trinajstić information content (AvgIpc) is 2.15. The molecule has 0 amide bonds. The van der Waals surface area contributed by atoms with Crippen LogP contribution in [0.4, 0.5) is 0 Å². The van der Waals surface area contributed by atoms with Gasteiger partial charge in [-0.25, -0.2) is 0 Å². The van der Waals surface area contributed by atoms with Crippen LogP contribution in [0.3, 0.4) is 0 Å². The lowest BCUT2D eigenvalue weighted by Gasteiger charge is -2.39. The van der Waals surface area contributed by atoms with E-state index in [-0.39, 0.29) is 11.9 Å². The highest BCUT2D eigenvalue weighted by Crippen LogP contribution is 2.10. The van der Waals surface area contributed by atoms with Crippen LogP contribution in [0.25, 0.3) is 0 Å². The van der Waals surface area contributed by atoms with Crippen molar-refractivity contribution in [3.05, 3.63) is 0 Å². The molecule has 0 aliphatic carbocycles. The quantitative estimate of drug-likeness (QED) is 0.456. The fraction of sp³-hybridized carbons (Fsp3) is 0.909. The number of nitrogens with zero attached hydrogens (tertiary/aromatic N) is 2. The molecule has 0 aromatic heterocycles. The predicted octanol–water partition coefficient (Wildman–Crippen LogP) is -0.301. The van der Waals surface area contributed by atoms with Crippen LogP contribution in [0.2, 0.25) is 0 Å². The van der Waals surface area contributed by atoms with Gasteiger partial charge in [-0.2, -0.15) is 0 Å². The summed E-state index contributed by atoms with van der Waals surface area (Å²) in [5, 5.41) is 17.1. The van der Waals surface area contributed by atoms with E-state index in [1.54, 1.807) is 0 Å². The van der Waals surface area contributed by atoms with Crippen molar-refractivity contribution < 1.29 is 5.11 Å². The molecule has 94 valence electrons. The summed E-state index contributed by atoms with van der Waals surface area (Å²) in [6.45, 7) is 10.0. The van der Waals surface area contributed by atoms with Gasteiger partial charge in [-0.3, -0.25) is 15.2 Å². The van der Waals surface area contributed by atoms with Crippen molar-refractivity contribution in [2.24, 2.45) is 5.73 Å². The summed E-state index contributed by atoms with van der Waals surface area (Å²) in [7, 11) is 0. The van der Waals surface area contributed by atoms with Crippen LogP contribution in [0, 0.1) is 5.41 Å². The minimum atomic E-state index is -0.631. The van der Waals surface area contributed by atoms with E-state index in [4.69, 9.17) is 11.1 Å². The molecule has 0 bridgehead atoms. The first-order chi connectivity index (χ1) is 7.29. The van der Waals surface area contributed by atoms with E-state index in [1.165, 1.54) is 0 Å². The van der Waals surface area contributed by atoms with Crippen molar-refractivity contribution in [2.45, 2.75) is 32.4 Å². The van der Waals surface area contributed by atoms with E-state index in [1.807, 2.05) is 20.8 Å². The minimum absolute atomic E-state index is 0.0317. The van der Waals surface area contributed by atoms with Crippen LogP contribution >= 0.6 is 0 Å². The Bertz CT molecular complexity index is 241. The van der Waals surface area contributed by atoms with Gasteiger partial charge in [0, 0.05) is 32.7 Å². The molecule has 0 spiro atoms. The maximum Gasteiger partial charge on any atom is 0.108 e. The van der Waals surface area contributed by atoms with E-state index < -0.39 is 5.60 Å². The predicted molar refractivity (Wildman–Crippen MR) is 65.7 cm³/mol. The first-order valence-electron chi connectivity index (χ1n) is 5.82. The third-order valence-electron chi connectivity index (χ3n) is 3.02. The van der Waals surface area contributed by atoms with Gasteiger partial charge >= 0.3 is 0 Å². The van der Waals surface area contributed by atoms with Gasteiger partial charge in [0.25, 0.3) is 0 Å². The van der Waals surface area contributed by atoms with Crippen molar-refractivity contribution in [3.63, 3.8) is 0 Å². The van der Waals surface area contributed by atoms with Gasteiger partial charge < -0.3 is 10.8 Å². The zero-order valence-electron chi connectivity index (χ0n) is 10.5. The number of aliphatic hydroxyl groups is 1. The molecular weight excluding hydrogens is 204 g/mol. The number of β-amino-alcohol motifs (C(OH)–C–C–N with tert-alkyl or cyclic N) is 1. The number of amidine groups is 1. The summed E-state index contributed by atoms with van der Waals surface area (Å²) in [5.74, 6) is 0.232. The Hall–Kier alpha value is -0.650. The Morgan fingerprint density at radius 3 is 2.25 bits per heavy atom. The van der Waals surface area contributed by atoms with Gasteiger partial charge in [-0.05, 0) is 20.8 Å². The standard InChI is InChI=1S/C11H24N4O/c1-9(10(12)13)15-6-4-14(5-7-15)8-11(2,3)16/h9,16H,4-8H2,1-3H3,(H3,12,13). The smallest absolute Gasteiger partial charge is 0.108 e. The van der Waals surface area contributed by atoms with Crippen LogP contribution in [0.5, 0.6) is 0 Å². The second kappa shape index (κ2) is 5.12. The molecule has 5 nitrogen and oxygen atoms in total. The van der Waals surface area contributed by atoms with Crippen LogP contribution < -0.4 is 5.73 Å². The van der Waals surface area contributed by atoms with Crippen molar-refractivity contribution in [1.29, 1.82) is 5.41 Å². The molecule has 4 N–H and O–H groups in total. The normalized spacial score (nSPS) is 22.0. The van der Waals surface area contributed by atoms with Gasteiger partial charge in [0.2, 0.25) is 0 Å². The molecule has 1 aliphatic heterocycles. The van der Waals surface area contributed by atoms with Crippen LogP contribution in [0.1, 0.15) is 20.8 Å². The number of nitrogens with two attached hydrogens (primary N) is 1. The number of nitrogens with one attached hydrogen (secondary N) is 1. The Kier molecular flexibility index (Phi) is 4.29. The first kappa shape index (κ1) is 13.4. The highest BCUT2D eigenvalue weighted by molar-refractivity contribution is 5.82. The zero-order chi connectivity index (χ0) is 12.3. The lowest BCUT2D eigenvalue weighted by Crippen LogP contribution is -2.54. The fourth-order valence-corrected chi connectivity index (χ4v) is 2.05. The summed E-state index contributed by atoms with van der Waals surface area (Å²) < 4.78 is 0. The largest absolute Gasteiger partial charge is 0.389 e. The number of hydrogen-bond acceptors (Lipinski definition) is 4. The van der Waals surface area contributed by atoms with E-state index in [0.717, 1.165) is 26.2 Å². The number of hydrogen-bond donors (Lipinski definition) is 3. The fourth-order valence-electron chi connectivity index (χ4n) is 2.05. The molecule has 1 saturated heterocycles. The molecule has 1 unspecified atom stereocenters. The molecular formula is C11H24N4O. The van der Waals surface area contributed by atoms with Gasteiger partial charge in [-0.15, -0.1) is 0 Å². The monoisotopic (exact) mass is 228 g/mol. The maximum absolute atomic E-state index is 9.72. The molecule has 0 radical (unpaired) electrons. The molecule has 5 heteroatoms. The summed E-state index contributed by atoms with van der Waals surface area (Å²) in [4.78, 5) is 4.46. The molecule has 1 rings (SSSR count). The van der Waals surface area contributed by atoms with E-state index in [9.17, 15) is 5.11 Å². The molecule has 1 atom stereocenters. The Balaban J connectivity index is 2.37. The summed E-state index contributed by atoms with van der Waals surface area (Å²) in [5.41, 5.74) is 4.86. The second-order valence-corrected chi connectivity index (χ2v) is 5.26. The Morgan fingerprint density at radius 2 is 1.88 bits per heavy atom. The van der Waals surface area contributed by atoms with Crippen molar-refractivity contribution >= 4 is 5.84 Å². The Morgan fingerprint density at radius 1 is 1.38 bits per heavy atom. The van der Waals surface area contributed by atoms with E-state index >= 15 is 0 Å². The molecule has 0 aromatic rings. The number of piperazine rings is 1. The molecule has 16 heavy (non-hydrogen) atoms. The number of rotatable bonds is 4. The van der Waals surface area contributed by atoms with Crippen LogP contribution in [-0.2, 0) is 0 Å². The SMILES string of the molecule is CC(C(=N)N)N1CCN(CC(C)(C)O)CC1. The molecule has 1 aliphatic rings. The zero-order valence-corrected chi connectivity index (χ0v) is 10.5. The molecule has 1 heterocycles. The first-order valence-corrected chi connectivity index (χ1v) is 5.82. The maximum atomic E-state index is 9.72.